The first-order chi connectivity index (χ1) is 36.4. The second kappa shape index (κ2) is 21.9. The van der Waals surface area contributed by atoms with Crippen molar-refractivity contribution in [3.63, 3.8) is 0 Å². The molecular weight excluding hydrogens is 1040 g/mol. The zero-order valence-electron chi connectivity index (χ0n) is 41.0. The average Bonchev–Trinajstić information content (AvgIpc) is 4.05. The van der Waals surface area contributed by atoms with Crippen LogP contribution >= 0.6 is 0 Å². The Morgan fingerprint density at radius 2 is 0.895 bits per heavy atom. The van der Waals surface area contributed by atoms with Gasteiger partial charge in [-0.1, -0.05) is 60.7 Å². The molecule has 0 radical (unpaired) electrons. The van der Waals surface area contributed by atoms with Crippen molar-refractivity contribution in [3.05, 3.63) is 139 Å². The molecule has 2 saturated heterocycles. The number of sulfonamides is 2. The van der Waals surface area contributed by atoms with E-state index in [9.17, 15) is 39.6 Å². The molecule has 7 aromatic rings. The molecule has 5 heterocycles. The molecule has 23 nitrogen and oxygen atoms in total. The van der Waals surface area contributed by atoms with Crippen LogP contribution in [-0.2, 0) is 39.4 Å². The first kappa shape index (κ1) is 53.2. The molecule has 0 bridgehead atoms. The van der Waals surface area contributed by atoms with E-state index in [1.54, 1.807) is 46.7 Å². The monoisotopic (exact) mass is 1090 g/mol. The molecule has 26 heteroatoms. The summed E-state index contributed by atoms with van der Waals surface area (Å²) in [5.74, 6) is -0.0614. The summed E-state index contributed by atoms with van der Waals surface area (Å²) in [6.45, 7) is 5.78. The number of hydroxylamine groups is 1. The van der Waals surface area contributed by atoms with Gasteiger partial charge in [0.1, 0.15) is 0 Å². The summed E-state index contributed by atoms with van der Waals surface area (Å²) >= 11 is 0. The molecule has 4 aliphatic rings. The fourth-order valence-corrected chi connectivity index (χ4v) is 12.8. The van der Waals surface area contributed by atoms with Gasteiger partial charge in [0.2, 0.25) is 46.9 Å². The third-order valence-electron chi connectivity index (χ3n) is 13.3. The van der Waals surface area contributed by atoms with Crippen molar-refractivity contribution >= 4 is 81.2 Å². The zero-order valence-corrected chi connectivity index (χ0v) is 43.4. The summed E-state index contributed by atoms with van der Waals surface area (Å²) in [5, 5.41) is 18.6. The zero-order chi connectivity index (χ0) is 53.9. The van der Waals surface area contributed by atoms with Crippen LogP contribution in [-0.4, -0.2) is 145 Å². The smallest absolute Gasteiger partial charge is 0.341 e. The molecule has 4 atom stereocenters. The third-order valence-corrected chi connectivity index (χ3v) is 17.8. The van der Waals surface area contributed by atoms with Crippen LogP contribution in [0, 0.1) is 23.7 Å². The number of rotatable bonds is 14. The molecular formula is C50H51N11O12S3. The number of esters is 2. The van der Waals surface area contributed by atoms with E-state index in [0.717, 1.165) is 40.2 Å². The van der Waals surface area contributed by atoms with Crippen molar-refractivity contribution in [1.82, 2.24) is 44.0 Å². The van der Waals surface area contributed by atoms with Crippen LogP contribution in [0.15, 0.2) is 137 Å². The van der Waals surface area contributed by atoms with Crippen molar-refractivity contribution in [2.45, 2.75) is 40.9 Å². The Morgan fingerprint density at radius 1 is 0.539 bits per heavy atom. The van der Waals surface area contributed by atoms with E-state index in [2.05, 4.69) is 45.3 Å². The van der Waals surface area contributed by atoms with Gasteiger partial charge in [-0.3, -0.25) is 10.0 Å². The Balaban J connectivity index is 0.000000148. The lowest BCUT2D eigenvalue weighted by Gasteiger charge is -2.20. The highest BCUT2D eigenvalue weighted by Crippen LogP contribution is 2.49. The fourth-order valence-electron chi connectivity index (χ4n) is 9.18. The quantitative estimate of drug-likeness (QED) is 0.0516. The molecule has 1 amide bonds. The molecule has 4 fully saturated rings. The molecule has 3 aromatic heterocycles. The van der Waals surface area contributed by atoms with Gasteiger partial charge in [-0.05, 0) is 83.3 Å². The minimum Gasteiger partial charge on any atom is -0.462 e. The van der Waals surface area contributed by atoms with Crippen LogP contribution in [0.5, 0.6) is 0 Å². The molecule has 76 heavy (non-hydrogen) atoms. The number of benzene rings is 4. The second-order valence-corrected chi connectivity index (χ2v) is 23.9. The number of amides is 1. The van der Waals surface area contributed by atoms with Crippen LogP contribution in [0.25, 0.3) is 21.5 Å². The van der Waals surface area contributed by atoms with E-state index >= 15 is 0 Å². The molecule has 11 rings (SSSR count). The summed E-state index contributed by atoms with van der Waals surface area (Å²) in [6.07, 6.45) is 8.74. The number of hydrogen-bond donors (Lipinski definition) is 4. The number of anilines is 2. The highest BCUT2D eigenvalue weighted by molar-refractivity contribution is 7.90. The van der Waals surface area contributed by atoms with Crippen molar-refractivity contribution in [1.29, 1.82) is 0 Å². The Bertz CT molecular complexity index is 3630. The van der Waals surface area contributed by atoms with E-state index in [0.29, 0.717) is 60.0 Å². The van der Waals surface area contributed by atoms with Crippen molar-refractivity contribution in [2.24, 2.45) is 23.7 Å². The highest BCUT2D eigenvalue weighted by Gasteiger charge is 2.59. The van der Waals surface area contributed by atoms with Crippen LogP contribution in [0.2, 0.25) is 0 Å². The Hall–Kier alpha value is -7.62. The van der Waals surface area contributed by atoms with E-state index in [1.807, 2.05) is 60.7 Å². The third kappa shape index (κ3) is 11.6. The Labute approximate surface area is 437 Å². The van der Waals surface area contributed by atoms with Crippen molar-refractivity contribution in [3.8, 4) is 0 Å². The van der Waals surface area contributed by atoms with Crippen molar-refractivity contribution < 1.29 is 54.3 Å². The predicted octanol–water partition coefficient (Wildman–Crippen LogP) is 4.07. The number of sulfone groups is 1. The number of ether oxygens (including phenoxy) is 2. The van der Waals surface area contributed by atoms with Gasteiger partial charge in [0.25, 0.3) is 5.91 Å². The lowest BCUT2D eigenvalue weighted by Crippen LogP contribution is -2.33. The molecule has 396 valence electrons. The largest absolute Gasteiger partial charge is 0.462 e. The Kier molecular flexibility index (Phi) is 15.3. The van der Waals surface area contributed by atoms with Gasteiger partial charge in [-0.15, -0.1) is 0 Å². The molecule has 4 N–H and O–H groups in total. The number of aromatic nitrogens is 6. The lowest BCUT2D eigenvalue weighted by molar-refractivity contribution is 0.0515. The summed E-state index contributed by atoms with van der Waals surface area (Å²) in [7, 11) is -10.5. The van der Waals surface area contributed by atoms with E-state index in [1.165, 1.54) is 30.3 Å². The van der Waals surface area contributed by atoms with E-state index < -0.39 is 47.7 Å². The first-order valence-corrected chi connectivity index (χ1v) is 28.6. The van der Waals surface area contributed by atoms with Gasteiger partial charge in [-0.25, -0.2) is 70.2 Å². The summed E-state index contributed by atoms with van der Waals surface area (Å²) < 4.78 is 87.0. The van der Waals surface area contributed by atoms with Gasteiger partial charge in [0.05, 0.1) is 39.7 Å². The molecule has 4 unspecified atom stereocenters. The predicted molar refractivity (Wildman–Crippen MR) is 275 cm³/mol. The number of piperidine rings is 2. The number of fused-ring (bicyclic) bond motifs is 4. The average molecular weight is 1090 g/mol. The summed E-state index contributed by atoms with van der Waals surface area (Å²) in [4.78, 5) is 58.4. The maximum Gasteiger partial charge on any atom is 0.341 e. The van der Waals surface area contributed by atoms with Gasteiger partial charge in [0.15, 0.2) is 0 Å². The van der Waals surface area contributed by atoms with Crippen LogP contribution in [0.3, 0.4) is 0 Å². The van der Waals surface area contributed by atoms with Gasteiger partial charge in [0, 0.05) is 81.7 Å². The normalized spacial score (nSPS) is 20.6. The maximum absolute atomic E-state index is 13.1. The van der Waals surface area contributed by atoms with E-state index in [-0.39, 0.29) is 58.6 Å². The van der Waals surface area contributed by atoms with Gasteiger partial charge >= 0.3 is 11.9 Å². The van der Waals surface area contributed by atoms with Gasteiger partial charge in [-0.2, -0.15) is 8.61 Å². The minimum absolute atomic E-state index is 0.102. The van der Waals surface area contributed by atoms with E-state index in [4.69, 9.17) is 9.94 Å². The van der Waals surface area contributed by atoms with Crippen molar-refractivity contribution in [2.75, 3.05) is 56.3 Å². The minimum atomic E-state index is -3.54. The molecule has 0 spiro atoms. The van der Waals surface area contributed by atoms with Crippen LogP contribution in [0.4, 0.5) is 11.9 Å². The second-order valence-electron chi connectivity index (χ2n) is 18.2. The topological polar surface area (TPSA) is 312 Å². The molecule has 2 saturated carbocycles. The fraction of sp³-hybridized carbons (Fsp3) is 0.300. The number of carbonyl (C=O) groups is 3. The van der Waals surface area contributed by atoms with Crippen LogP contribution in [0.1, 0.15) is 44.9 Å². The van der Waals surface area contributed by atoms with Crippen LogP contribution < -0.4 is 16.1 Å². The number of hydrogen-bond acceptors (Lipinski definition) is 20. The maximum atomic E-state index is 13.1. The first-order valence-electron chi connectivity index (χ1n) is 23.9. The molecule has 2 aliphatic carbocycles. The summed E-state index contributed by atoms with van der Waals surface area (Å²) in [5.41, 5.74) is 2.10. The lowest BCUT2D eigenvalue weighted by atomic mass is 10.1. The summed E-state index contributed by atoms with van der Waals surface area (Å²) in [6, 6.07) is 26.1. The molecule has 4 aromatic carbocycles. The highest BCUT2D eigenvalue weighted by atomic mass is 32.2. The number of carbonyl (C=O) groups excluding carboxylic acids is 3. The standard InChI is InChI=1S/C22H22N4O4S.C20H19N5O4S.C8H10N2O4S/c1-2-30-21(27)16-10-23-22(24-11-16)25-20-18-12-26(13-19(18)20)31(28,29)17-8-7-14-5-3-4-6-15(14)9-17;26-19(24-27)14-8-21-20(22-9-14)23-18-16-10-25(11-17(16)18)30(28,29)15-6-5-12-3-1-2-4-13(12)7-15;1-3-14-7(11)6-4-9-8(10-5-6)15(2,12)13/h3-11,18-20H,2,12-13H2,1H3,(H,23,24,25);1-9,16-18,27H,10-11H2,(H,24,26)(H,21,22,23);4-5H,3H2,1-2H3. The number of nitrogens with one attached hydrogen (secondary N) is 3. The molecule has 2 aliphatic heterocycles. The number of nitrogens with zero attached hydrogens (tertiary/aromatic N) is 8. The van der Waals surface area contributed by atoms with Gasteiger partial charge < -0.3 is 20.1 Å². The Morgan fingerprint density at radius 3 is 1.25 bits per heavy atom. The SMILES string of the molecule is CCOC(=O)c1cnc(NC2C3CN(S(=O)(=O)c4ccc5ccccc5c4)CC32)nc1.CCOC(=O)c1cnc(S(C)(=O)=O)nc1.O=C(NO)c1cnc(NC2C3CN(S(=O)(=O)c4ccc5ccccc5c4)CC32)nc1.